The van der Waals surface area contributed by atoms with Crippen molar-refractivity contribution < 1.29 is 49.3 Å². The van der Waals surface area contributed by atoms with E-state index in [4.69, 9.17) is 14.2 Å². The van der Waals surface area contributed by atoms with Gasteiger partial charge >= 0.3 is 5.97 Å². The minimum Gasteiger partial charge on any atom is -0.454 e. The van der Waals surface area contributed by atoms with E-state index in [1.807, 2.05) is 42.5 Å². The van der Waals surface area contributed by atoms with Gasteiger partial charge in [0.2, 0.25) is 5.91 Å². The number of carbonyl (C=O) groups excluding carboxylic acids is 2. The molecule has 0 bridgehead atoms. The van der Waals surface area contributed by atoms with Crippen molar-refractivity contribution >= 4 is 11.9 Å². The molecule has 0 saturated carbocycles. The normalized spacial score (nSPS) is 20.8. The highest BCUT2D eigenvalue weighted by Crippen LogP contribution is 2.26. The Labute approximate surface area is 400 Å². The second kappa shape index (κ2) is 43.4. The predicted molar refractivity (Wildman–Crippen MR) is 269 cm³/mol. The number of amides is 1. The number of allylic oxidation sites excluding steroid dienone is 11. The number of aliphatic hydroxyl groups excluding tert-OH is 5. The van der Waals surface area contributed by atoms with Gasteiger partial charge in [-0.2, -0.15) is 0 Å². The van der Waals surface area contributed by atoms with Crippen molar-refractivity contribution in [3.05, 3.63) is 72.9 Å². The summed E-state index contributed by atoms with van der Waals surface area (Å²) in [7, 11) is 0. The largest absolute Gasteiger partial charge is 0.454 e. The molecule has 1 aliphatic rings. The summed E-state index contributed by atoms with van der Waals surface area (Å²) in [6.45, 7) is 5.56. The monoisotopic (exact) mass is 930 g/mol. The molecule has 8 unspecified atom stereocenters. The molecule has 1 heterocycles. The van der Waals surface area contributed by atoms with Crippen LogP contribution in [0, 0.1) is 0 Å². The van der Waals surface area contributed by atoms with Gasteiger partial charge in [-0.3, -0.25) is 9.59 Å². The number of ether oxygens (including phenoxy) is 3. The predicted octanol–water partition coefficient (Wildman–Crippen LogP) is 10.9. The van der Waals surface area contributed by atoms with Gasteiger partial charge in [-0.25, -0.2) is 0 Å². The van der Waals surface area contributed by atoms with Crippen molar-refractivity contribution in [3.63, 3.8) is 0 Å². The van der Waals surface area contributed by atoms with Crippen LogP contribution in [-0.2, 0) is 23.8 Å². The Bertz CT molecular complexity index is 1340. The Balaban J connectivity index is 2.82. The molecular weight excluding hydrogens is 835 g/mol. The Morgan fingerprint density at radius 1 is 0.606 bits per heavy atom. The van der Waals surface area contributed by atoms with Crippen molar-refractivity contribution in [2.24, 2.45) is 0 Å². The SMILES string of the molecule is CC/C=C/C=C/C=C\C=C/CCCCCC(=O)OC1C(OCC(NC(=O)C(O)CCCC/C=C\CCCCCCCCC)C(O)/C=C/CCCCCCCCCCC)OC(CO)C(O)C1O. The number of esters is 1. The second-order valence-electron chi connectivity index (χ2n) is 18.0. The van der Waals surface area contributed by atoms with Crippen LogP contribution in [0.5, 0.6) is 0 Å². The summed E-state index contributed by atoms with van der Waals surface area (Å²) in [5.41, 5.74) is 0. The van der Waals surface area contributed by atoms with Gasteiger partial charge in [-0.05, 0) is 70.6 Å². The lowest BCUT2D eigenvalue weighted by molar-refractivity contribution is -0.305. The Hall–Kier alpha value is -2.90. The van der Waals surface area contributed by atoms with Gasteiger partial charge in [-0.15, -0.1) is 0 Å². The number of nitrogens with one attached hydrogen (secondary N) is 1. The summed E-state index contributed by atoms with van der Waals surface area (Å²) in [5.74, 6) is -1.26. The fraction of sp³-hybridized carbons (Fsp3) is 0.745. The van der Waals surface area contributed by atoms with Crippen LogP contribution in [0.3, 0.4) is 0 Å². The highest BCUT2D eigenvalue weighted by molar-refractivity contribution is 5.80. The first-order chi connectivity index (χ1) is 32.2. The Morgan fingerprint density at radius 2 is 1.11 bits per heavy atom. The van der Waals surface area contributed by atoms with E-state index in [-0.39, 0.29) is 19.4 Å². The number of rotatable bonds is 42. The molecule has 380 valence electrons. The van der Waals surface area contributed by atoms with E-state index in [1.165, 1.54) is 83.5 Å². The maximum atomic E-state index is 13.3. The number of aliphatic hydroxyl groups is 5. The third kappa shape index (κ3) is 32.0. The second-order valence-corrected chi connectivity index (χ2v) is 18.0. The van der Waals surface area contributed by atoms with Gasteiger partial charge in [0.15, 0.2) is 12.4 Å². The van der Waals surface area contributed by atoms with E-state index >= 15 is 0 Å². The Kier molecular flexibility index (Phi) is 40.2. The van der Waals surface area contributed by atoms with E-state index in [0.717, 1.165) is 70.6 Å². The Morgan fingerprint density at radius 3 is 1.68 bits per heavy atom. The lowest BCUT2D eigenvalue weighted by atomic mass is 9.99. The molecule has 0 aromatic carbocycles. The molecule has 1 fully saturated rings. The quantitative estimate of drug-likeness (QED) is 0.0150. The molecular formula is C55H95NO10. The van der Waals surface area contributed by atoms with E-state index in [0.29, 0.717) is 12.8 Å². The van der Waals surface area contributed by atoms with Crippen LogP contribution in [-0.4, -0.2) is 99.6 Å². The summed E-state index contributed by atoms with van der Waals surface area (Å²) < 4.78 is 17.4. The molecule has 1 aliphatic heterocycles. The zero-order valence-corrected chi connectivity index (χ0v) is 41.5. The lowest BCUT2D eigenvalue weighted by Crippen LogP contribution is -2.61. The molecule has 0 aliphatic carbocycles. The molecule has 1 saturated heterocycles. The van der Waals surface area contributed by atoms with Gasteiger partial charge in [0.05, 0.1) is 25.4 Å². The minimum atomic E-state index is -1.63. The number of hydrogen-bond acceptors (Lipinski definition) is 10. The van der Waals surface area contributed by atoms with Crippen molar-refractivity contribution in [1.29, 1.82) is 0 Å². The van der Waals surface area contributed by atoms with E-state index < -0.39 is 67.4 Å². The molecule has 6 N–H and O–H groups in total. The molecule has 0 spiro atoms. The van der Waals surface area contributed by atoms with Gasteiger partial charge in [0.1, 0.15) is 24.4 Å². The molecule has 11 heteroatoms. The van der Waals surface area contributed by atoms with Gasteiger partial charge < -0.3 is 45.1 Å². The fourth-order valence-electron chi connectivity index (χ4n) is 7.71. The van der Waals surface area contributed by atoms with Crippen molar-refractivity contribution in [2.45, 2.75) is 250 Å². The average Bonchev–Trinajstić information content (AvgIpc) is 3.31. The summed E-state index contributed by atoms with van der Waals surface area (Å²) in [6.07, 6.45) is 42.5. The van der Waals surface area contributed by atoms with E-state index in [2.05, 4.69) is 50.4 Å². The molecule has 0 radical (unpaired) electrons. The molecule has 8 atom stereocenters. The lowest BCUT2D eigenvalue weighted by Gasteiger charge is -2.41. The average molecular weight is 930 g/mol. The van der Waals surface area contributed by atoms with E-state index in [1.54, 1.807) is 6.08 Å². The molecule has 11 nitrogen and oxygen atoms in total. The summed E-state index contributed by atoms with van der Waals surface area (Å²) in [5, 5.41) is 56.5. The zero-order valence-electron chi connectivity index (χ0n) is 41.5. The third-order valence-corrected chi connectivity index (χ3v) is 11.9. The van der Waals surface area contributed by atoms with Crippen LogP contribution < -0.4 is 5.32 Å². The van der Waals surface area contributed by atoms with Crippen LogP contribution in [0.25, 0.3) is 0 Å². The standard InChI is InChI=1S/C55H95NO10/c1-4-7-10-13-16-19-22-24-27-30-33-36-39-42-48(59)54(63)56-46(47(58)41-38-35-32-29-26-21-18-15-12-9-6-3)45-64-55-53(52(62)51(61)49(44-57)65-55)66-50(60)43-40-37-34-31-28-25-23-20-17-14-11-8-5-2/h8,11,14,17,20,23,25,27-28,30,38,41,46-49,51-53,55,57-59,61-62H,4-7,9-10,12-13,15-16,18-19,21-22,24,26,29,31-37,39-40,42-45H2,1-3H3,(H,56,63)/b11-8+,17-14+,23-20-,28-25-,30-27-,41-38+. The summed E-state index contributed by atoms with van der Waals surface area (Å²) in [6, 6.07) is -1.04. The highest BCUT2D eigenvalue weighted by atomic mass is 16.7. The number of carbonyl (C=O) groups is 2. The highest BCUT2D eigenvalue weighted by Gasteiger charge is 2.47. The molecule has 66 heavy (non-hydrogen) atoms. The minimum absolute atomic E-state index is 0.0731. The maximum Gasteiger partial charge on any atom is 0.306 e. The summed E-state index contributed by atoms with van der Waals surface area (Å²) >= 11 is 0. The third-order valence-electron chi connectivity index (χ3n) is 11.9. The van der Waals surface area contributed by atoms with Crippen LogP contribution in [0.2, 0.25) is 0 Å². The maximum absolute atomic E-state index is 13.3. The molecule has 1 rings (SSSR count). The van der Waals surface area contributed by atoms with Crippen LogP contribution >= 0.6 is 0 Å². The molecule has 1 amide bonds. The van der Waals surface area contributed by atoms with Crippen molar-refractivity contribution in [2.75, 3.05) is 13.2 Å². The van der Waals surface area contributed by atoms with Crippen molar-refractivity contribution in [3.8, 4) is 0 Å². The topological polar surface area (TPSA) is 175 Å². The van der Waals surface area contributed by atoms with Crippen LogP contribution in [0.15, 0.2) is 72.9 Å². The molecule has 0 aromatic rings. The first-order valence-electron chi connectivity index (χ1n) is 26.3. The first kappa shape index (κ1) is 61.1. The first-order valence-corrected chi connectivity index (χ1v) is 26.3. The number of hydrogen-bond donors (Lipinski definition) is 6. The van der Waals surface area contributed by atoms with Gasteiger partial charge in [0, 0.05) is 6.42 Å². The summed E-state index contributed by atoms with van der Waals surface area (Å²) in [4.78, 5) is 26.3. The fourth-order valence-corrected chi connectivity index (χ4v) is 7.71. The van der Waals surface area contributed by atoms with E-state index in [9.17, 15) is 35.1 Å². The zero-order chi connectivity index (χ0) is 48.3. The van der Waals surface area contributed by atoms with Crippen molar-refractivity contribution in [1.82, 2.24) is 5.32 Å². The van der Waals surface area contributed by atoms with Crippen LogP contribution in [0.4, 0.5) is 0 Å². The van der Waals surface area contributed by atoms with Gasteiger partial charge in [-0.1, -0.05) is 196 Å². The molecule has 0 aromatic heterocycles. The smallest absolute Gasteiger partial charge is 0.306 e. The van der Waals surface area contributed by atoms with Gasteiger partial charge in [0.25, 0.3) is 0 Å². The van der Waals surface area contributed by atoms with Crippen LogP contribution in [0.1, 0.15) is 201 Å². The number of unbranched alkanes of at least 4 members (excludes halogenated alkanes) is 21.